The molecule has 2 heteroatoms. The van der Waals surface area contributed by atoms with Crippen molar-refractivity contribution in [2.24, 2.45) is 0 Å². The monoisotopic (exact) mass is 847 g/mol. The van der Waals surface area contributed by atoms with Gasteiger partial charge in [-0.1, -0.05) is 176 Å². The summed E-state index contributed by atoms with van der Waals surface area (Å²) in [6.45, 7) is 0. The molecule has 0 aromatic heterocycles. The second-order valence-electron chi connectivity index (χ2n) is 19.0. The molecule has 0 N–H and O–H groups in total. The molecule has 6 aromatic carbocycles. The van der Waals surface area contributed by atoms with Gasteiger partial charge in [0, 0.05) is 41.6 Å². The Hall–Kier alpha value is -6.51. The van der Waals surface area contributed by atoms with E-state index in [1.165, 1.54) is 83.6 Å². The predicted molar refractivity (Wildman–Crippen MR) is 274 cm³/mol. The van der Waals surface area contributed by atoms with Crippen molar-refractivity contribution in [3.8, 4) is 0 Å². The highest BCUT2D eigenvalue weighted by Crippen LogP contribution is 2.54. The molecule has 0 spiro atoms. The van der Waals surface area contributed by atoms with E-state index in [4.69, 9.17) is 0 Å². The van der Waals surface area contributed by atoms with Gasteiger partial charge in [0.15, 0.2) is 5.71 Å². The SMILES string of the molecule is CN1C(=CC=C\C=C/C=C\C=C\C2=[N+](C)c3ccc4c(c3C2(Cc2ccccc2)Cc2ccccc2)CCCC4)C(Cc2ccccc2)(Cc2ccccc2)c2c1ccc1c2CCCC1. The molecule has 6 aromatic rings. The molecule has 2 heterocycles. The Morgan fingerprint density at radius 1 is 0.462 bits per heavy atom. The predicted octanol–water partition coefficient (Wildman–Crippen LogP) is 13.9. The highest BCUT2D eigenvalue weighted by Gasteiger charge is 2.52. The van der Waals surface area contributed by atoms with Gasteiger partial charge < -0.3 is 4.90 Å². The molecule has 0 bridgehead atoms. The summed E-state index contributed by atoms with van der Waals surface area (Å²) in [6.07, 6.45) is 33.9. The lowest BCUT2D eigenvalue weighted by Crippen LogP contribution is -2.40. The fraction of sp³-hybridized carbons (Fsp3) is 0.254. The lowest BCUT2D eigenvalue weighted by molar-refractivity contribution is -0.401. The Morgan fingerprint density at radius 2 is 0.892 bits per heavy atom. The summed E-state index contributed by atoms with van der Waals surface area (Å²) in [5.41, 5.74) is 20.0. The first-order valence-electron chi connectivity index (χ1n) is 24.2. The maximum atomic E-state index is 2.50. The van der Waals surface area contributed by atoms with Gasteiger partial charge >= 0.3 is 0 Å². The number of likely N-dealkylation sites (N-methyl/N-ethyl adjacent to an activating group) is 1. The Morgan fingerprint density at radius 3 is 1.42 bits per heavy atom. The minimum Gasteiger partial charge on any atom is -0.347 e. The summed E-state index contributed by atoms with van der Waals surface area (Å²) >= 11 is 0. The summed E-state index contributed by atoms with van der Waals surface area (Å²) in [6, 6.07) is 54.4. The van der Waals surface area contributed by atoms with E-state index in [1.807, 2.05) is 0 Å². The van der Waals surface area contributed by atoms with Crippen molar-refractivity contribution in [3.63, 3.8) is 0 Å². The molecule has 0 fully saturated rings. The zero-order chi connectivity index (χ0) is 44.1. The molecule has 0 atom stereocenters. The Bertz CT molecular complexity index is 2740. The van der Waals surface area contributed by atoms with E-state index in [9.17, 15) is 0 Å². The van der Waals surface area contributed by atoms with Crippen LogP contribution in [0.4, 0.5) is 11.4 Å². The van der Waals surface area contributed by atoms with Crippen LogP contribution in [0.25, 0.3) is 0 Å². The van der Waals surface area contributed by atoms with Crippen molar-refractivity contribution in [2.75, 3.05) is 19.0 Å². The largest absolute Gasteiger partial charge is 0.347 e. The lowest BCUT2D eigenvalue weighted by atomic mass is 9.66. The number of hydrogen-bond acceptors (Lipinski definition) is 1. The minimum atomic E-state index is -0.186. The molecule has 324 valence electrons. The van der Waals surface area contributed by atoms with Gasteiger partial charge in [-0.2, -0.15) is 4.58 Å². The summed E-state index contributed by atoms with van der Waals surface area (Å²) in [5, 5.41) is 0. The highest BCUT2D eigenvalue weighted by atomic mass is 15.2. The van der Waals surface area contributed by atoms with E-state index in [2.05, 4.69) is 224 Å². The van der Waals surface area contributed by atoms with E-state index < -0.39 is 0 Å². The first kappa shape index (κ1) is 42.4. The third kappa shape index (κ3) is 8.36. The number of aryl methyl sites for hydroxylation is 2. The first-order chi connectivity index (χ1) is 32.0. The van der Waals surface area contributed by atoms with Crippen LogP contribution in [0.15, 0.2) is 206 Å². The third-order valence-corrected chi connectivity index (χ3v) is 15.0. The van der Waals surface area contributed by atoms with E-state index in [-0.39, 0.29) is 10.8 Å². The van der Waals surface area contributed by atoms with Crippen LogP contribution in [0.5, 0.6) is 0 Å². The van der Waals surface area contributed by atoms with E-state index in [0.29, 0.717) is 0 Å². The molecule has 2 aliphatic heterocycles. The second-order valence-corrected chi connectivity index (χ2v) is 19.0. The average molecular weight is 848 g/mol. The molecular formula is C63H63N2+. The van der Waals surface area contributed by atoms with Crippen LogP contribution in [-0.2, 0) is 62.2 Å². The molecule has 0 radical (unpaired) electrons. The average Bonchev–Trinajstić information content (AvgIpc) is 3.71. The quantitative estimate of drug-likeness (QED) is 0.0829. The standard InChI is InChI=1S/C63H63N2/c1-64-56-42-40-52-34-22-24-36-54(52)60(56)62(44-48-26-12-8-13-27-48,45-49-28-14-9-15-29-49)58(64)38-20-6-4-3-5-7-21-39-59-63(46-50-30-16-10-17-31-50,47-51-32-18-11-19-33-51)61-55-37-25-23-35-53(55)41-43-57(61)65(59)2/h3-21,26-33,38-43H,22-25,34-37,44-47H2,1-2H3/q+1. The molecule has 0 saturated heterocycles. The van der Waals surface area contributed by atoms with Crippen LogP contribution in [0.3, 0.4) is 0 Å². The fourth-order valence-electron chi connectivity index (χ4n) is 12.2. The summed E-state index contributed by atoms with van der Waals surface area (Å²) in [7, 11) is 4.58. The molecule has 0 amide bonds. The molecular weight excluding hydrogens is 785 g/mol. The van der Waals surface area contributed by atoms with Gasteiger partial charge in [0.05, 0.1) is 5.41 Å². The normalized spacial score (nSPS) is 18.0. The molecule has 10 rings (SSSR count). The minimum absolute atomic E-state index is 0.186. The number of hydrogen-bond donors (Lipinski definition) is 0. The summed E-state index contributed by atoms with van der Waals surface area (Å²) in [5.74, 6) is 0. The fourth-order valence-corrected chi connectivity index (χ4v) is 12.2. The maximum absolute atomic E-state index is 2.50. The van der Waals surface area contributed by atoms with Gasteiger partial charge in [-0.3, -0.25) is 0 Å². The van der Waals surface area contributed by atoms with Crippen molar-refractivity contribution < 1.29 is 4.58 Å². The molecule has 2 aliphatic carbocycles. The van der Waals surface area contributed by atoms with Crippen molar-refractivity contribution in [2.45, 2.75) is 87.9 Å². The maximum Gasteiger partial charge on any atom is 0.209 e. The van der Waals surface area contributed by atoms with Crippen molar-refractivity contribution in [3.05, 3.63) is 262 Å². The molecule has 4 aliphatic rings. The van der Waals surface area contributed by atoms with E-state index in [0.717, 1.165) is 38.5 Å². The van der Waals surface area contributed by atoms with Gasteiger partial charge in [-0.15, -0.1) is 0 Å². The van der Waals surface area contributed by atoms with Crippen LogP contribution in [0.1, 0.15) is 81.3 Å². The molecule has 0 unspecified atom stereocenters. The zero-order valence-corrected chi connectivity index (χ0v) is 38.4. The van der Waals surface area contributed by atoms with Crippen LogP contribution < -0.4 is 4.90 Å². The lowest BCUT2D eigenvalue weighted by Gasteiger charge is -2.35. The highest BCUT2D eigenvalue weighted by molar-refractivity contribution is 6.05. The smallest absolute Gasteiger partial charge is 0.209 e. The topological polar surface area (TPSA) is 6.25 Å². The second kappa shape index (κ2) is 18.9. The van der Waals surface area contributed by atoms with E-state index >= 15 is 0 Å². The van der Waals surface area contributed by atoms with Gasteiger partial charge in [0.1, 0.15) is 7.05 Å². The third-order valence-electron chi connectivity index (χ3n) is 15.0. The Balaban J connectivity index is 0.960. The molecule has 2 nitrogen and oxygen atoms in total. The van der Waals surface area contributed by atoms with Crippen LogP contribution >= 0.6 is 0 Å². The van der Waals surface area contributed by atoms with Crippen LogP contribution in [-0.4, -0.2) is 24.4 Å². The van der Waals surface area contributed by atoms with E-state index in [1.54, 1.807) is 33.4 Å². The number of fused-ring (bicyclic) bond motifs is 6. The Labute approximate surface area is 388 Å². The number of allylic oxidation sites excluding steroid dienone is 10. The molecule has 65 heavy (non-hydrogen) atoms. The summed E-state index contributed by atoms with van der Waals surface area (Å²) in [4.78, 5) is 2.50. The number of rotatable bonds is 13. The van der Waals surface area contributed by atoms with Gasteiger partial charge in [-0.25, -0.2) is 0 Å². The first-order valence-corrected chi connectivity index (χ1v) is 24.2. The van der Waals surface area contributed by atoms with Crippen molar-refractivity contribution in [1.82, 2.24) is 0 Å². The van der Waals surface area contributed by atoms with Crippen molar-refractivity contribution in [1.29, 1.82) is 0 Å². The van der Waals surface area contributed by atoms with Gasteiger partial charge in [-0.05, 0) is 139 Å². The zero-order valence-electron chi connectivity index (χ0n) is 38.4. The number of nitrogens with zero attached hydrogens (tertiary/aromatic N) is 2. The van der Waals surface area contributed by atoms with Crippen LogP contribution in [0, 0.1) is 0 Å². The van der Waals surface area contributed by atoms with Crippen LogP contribution in [0.2, 0.25) is 0 Å². The van der Waals surface area contributed by atoms with Gasteiger partial charge in [0.2, 0.25) is 5.69 Å². The Kier molecular flexibility index (Phi) is 12.3. The molecule has 0 saturated carbocycles. The summed E-state index contributed by atoms with van der Waals surface area (Å²) < 4.78 is 2.50. The number of benzene rings is 6. The van der Waals surface area contributed by atoms with Crippen molar-refractivity contribution >= 4 is 17.1 Å². The number of anilines is 1. The van der Waals surface area contributed by atoms with Gasteiger partial charge in [0.25, 0.3) is 0 Å².